The van der Waals surface area contributed by atoms with Gasteiger partial charge in [0.15, 0.2) is 5.82 Å². The maximum atomic E-state index is 12.9. The molecule has 3 aliphatic heterocycles. The lowest BCUT2D eigenvalue weighted by Crippen LogP contribution is -2.48. The Morgan fingerprint density at radius 3 is 2.49 bits per heavy atom. The Bertz CT molecular complexity index is 983. The van der Waals surface area contributed by atoms with Crippen molar-refractivity contribution in [2.24, 2.45) is 5.92 Å². The molecule has 8 nitrogen and oxygen atoms in total. The first kappa shape index (κ1) is 24.5. The van der Waals surface area contributed by atoms with E-state index in [-0.39, 0.29) is 11.8 Å². The molecule has 3 fully saturated rings. The highest BCUT2D eigenvalue weighted by molar-refractivity contribution is 5.91. The van der Waals surface area contributed by atoms with Gasteiger partial charge in [0, 0.05) is 56.3 Å². The number of hydrogen-bond donors (Lipinski definition) is 1. The van der Waals surface area contributed by atoms with Crippen LogP contribution in [0.4, 0.5) is 5.82 Å². The van der Waals surface area contributed by atoms with E-state index in [1.54, 1.807) is 0 Å². The van der Waals surface area contributed by atoms with Gasteiger partial charge in [-0.25, -0.2) is 4.98 Å². The van der Waals surface area contributed by atoms with Crippen molar-refractivity contribution in [3.63, 3.8) is 0 Å². The fraction of sp³-hybridized carbons (Fsp3) is 0.741. The molecule has 0 unspecified atom stereocenters. The van der Waals surface area contributed by atoms with E-state index in [1.165, 1.54) is 63.7 Å². The van der Waals surface area contributed by atoms with Gasteiger partial charge in [-0.2, -0.15) is 5.10 Å². The van der Waals surface area contributed by atoms with E-state index in [0.717, 1.165) is 68.6 Å². The van der Waals surface area contributed by atoms with Crippen LogP contribution >= 0.6 is 0 Å². The zero-order chi connectivity index (χ0) is 24.2. The Balaban J connectivity index is 1.05. The number of likely N-dealkylation sites (tertiary alicyclic amines) is 2. The summed E-state index contributed by atoms with van der Waals surface area (Å²) < 4.78 is 2.06. The van der Waals surface area contributed by atoms with E-state index in [2.05, 4.69) is 49.7 Å². The van der Waals surface area contributed by atoms with E-state index < -0.39 is 0 Å². The van der Waals surface area contributed by atoms with Gasteiger partial charge >= 0.3 is 0 Å². The molecule has 2 aromatic rings. The van der Waals surface area contributed by atoms with Crippen molar-refractivity contribution < 1.29 is 4.79 Å². The summed E-state index contributed by atoms with van der Waals surface area (Å²) in [7, 11) is 0. The first-order valence-electron chi connectivity index (χ1n) is 13.9. The molecule has 2 aromatic heterocycles. The number of nitrogens with one attached hydrogen (secondary N) is 1. The monoisotopic (exact) mass is 481 g/mol. The Morgan fingerprint density at radius 1 is 1.03 bits per heavy atom. The van der Waals surface area contributed by atoms with Gasteiger partial charge in [0.1, 0.15) is 5.52 Å². The number of fused-ring (bicyclic) bond motifs is 1. The lowest BCUT2D eigenvalue weighted by molar-refractivity contribution is -0.125. The van der Waals surface area contributed by atoms with Crippen molar-refractivity contribution in [2.45, 2.75) is 71.4 Å². The molecule has 3 aliphatic rings. The van der Waals surface area contributed by atoms with Crippen LogP contribution in [0.2, 0.25) is 0 Å². The number of carbonyl (C=O) groups is 1. The molecule has 5 heterocycles. The highest BCUT2D eigenvalue weighted by Crippen LogP contribution is 2.30. The van der Waals surface area contributed by atoms with Gasteiger partial charge in [0.05, 0.1) is 5.69 Å². The third-order valence-corrected chi connectivity index (χ3v) is 8.48. The SMILES string of the molecule is CCn1nc(C)c2ccnc(N3CCC(C(=O)NCCN4CCC(N5CCCCC5)CC4)CC3)c21. The molecular weight excluding hydrogens is 438 g/mol. The molecule has 8 heteroatoms. The van der Waals surface area contributed by atoms with Crippen molar-refractivity contribution in [2.75, 3.05) is 57.3 Å². The van der Waals surface area contributed by atoms with Crippen LogP contribution in [0.25, 0.3) is 10.9 Å². The largest absolute Gasteiger partial charge is 0.355 e. The van der Waals surface area contributed by atoms with Crippen molar-refractivity contribution in [3.8, 4) is 0 Å². The Labute approximate surface area is 210 Å². The Hall–Kier alpha value is -2.19. The number of rotatable bonds is 7. The normalized spacial score (nSPS) is 21.6. The summed E-state index contributed by atoms with van der Waals surface area (Å²) >= 11 is 0. The van der Waals surface area contributed by atoms with Crippen LogP contribution in [0, 0.1) is 12.8 Å². The third-order valence-electron chi connectivity index (χ3n) is 8.48. The second-order valence-electron chi connectivity index (χ2n) is 10.7. The Kier molecular flexibility index (Phi) is 7.88. The maximum Gasteiger partial charge on any atom is 0.223 e. The molecule has 5 rings (SSSR count). The number of pyridine rings is 1. The van der Waals surface area contributed by atoms with Crippen LogP contribution < -0.4 is 10.2 Å². The number of anilines is 1. The number of aromatic nitrogens is 3. The number of carbonyl (C=O) groups excluding carboxylic acids is 1. The highest BCUT2D eigenvalue weighted by Gasteiger charge is 2.28. The summed E-state index contributed by atoms with van der Waals surface area (Å²) in [5.41, 5.74) is 2.18. The topological polar surface area (TPSA) is 69.5 Å². The van der Waals surface area contributed by atoms with Crippen molar-refractivity contribution in [1.82, 2.24) is 29.9 Å². The van der Waals surface area contributed by atoms with E-state index >= 15 is 0 Å². The van der Waals surface area contributed by atoms with Crippen LogP contribution in [-0.4, -0.2) is 88.9 Å². The number of amides is 1. The average Bonchev–Trinajstić information content (AvgIpc) is 3.25. The third kappa shape index (κ3) is 5.48. The van der Waals surface area contributed by atoms with Gasteiger partial charge in [-0.3, -0.25) is 9.48 Å². The van der Waals surface area contributed by atoms with Gasteiger partial charge in [-0.1, -0.05) is 6.42 Å². The molecule has 0 radical (unpaired) electrons. The van der Waals surface area contributed by atoms with Crippen molar-refractivity contribution in [1.29, 1.82) is 0 Å². The zero-order valence-electron chi connectivity index (χ0n) is 21.7. The van der Waals surface area contributed by atoms with Crippen LogP contribution in [0.3, 0.4) is 0 Å². The van der Waals surface area contributed by atoms with Gasteiger partial charge in [0.2, 0.25) is 5.91 Å². The highest BCUT2D eigenvalue weighted by atomic mass is 16.1. The molecule has 1 N–H and O–H groups in total. The summed E-state index contributed by atoms with van der Waals surface area (Å²) in [6.07, 6.45) is 10.4. The molecule has 0 atom stereocenters. The Morgan fingerprint density at radius 2 is 1.77 bits per heavy atom. The lowest BCUT2D eigenvalue weighted by atomic mass is 9.95. The first-order chi connectivity index (χ1) is 17.1. The summed E-state index contributed by atoms with van der Waals surface area (Å²) in [5.74, 6) is 1.35. The molecule has 1 amide bonds. The molecule has 0 saturated carbocycles. The van der Waals surface area contributed by atoms with Gasteiger partial charge < -0.3 is 20.0 Å². The fourth-order valence-electron chi connectivity index (χ4n) is 6.36. The fourth-order valence-corrected chi connectivity index (χ4v) is 6.36. The smallest absolute Gasteiger partial charge is 0.223 e. The molecule has 192 valence electrons. The lowest BCUT2D eigenvalue weighted by Gasteiger charge is -2.40. The average molecular weight is 482 g/mol. The summed E-state index contributed by atoms with van der Waals surface area (Å²) in [5, 5.41) is 9.10. The van der Waals surface area contributed by atoms with Crippen molar-refractivity contribution in [3.05, 3.63) is 18.0 Å². The van der Waals surface area contributed by atoms with Crippen LogP contribution in [0.15, 0.2) is 12.3 Å². The summed E-state index contributed by atoms with van der Waals surface area (Å²) in [6.45, 7) is 13.4. The van der Waals surface area contributed by atoms with E-state index in [0.29, 0.717) is 0 Å². The van der Waals surface area contributed by atoms with Crippen LogP contribution in [0.5, 0.6) is 0 Å². The van der Waals surface area contributed by atoms with Gasteiger partial charge in [0.25, 0.3) is 0 Å². The zero-order valence-corrected chi connectivity index (χ0v) is 21.7. The second kappa shape index (κ2) is 11.2. The molecule has 0 aliphatic carbocycles. The van der Waals surface area contributed by atoms with Gasteiger partial charge in [-0.05, 0) is 84.6 Å². The quantitative estimate of drug-likeness (QED) is 0.656. The second-order valence-corrected chi connectivity index (χ2v) is 10.7. The van der Waals surface area contributed by atoms with Gasteiger partial charge in [-0.15, -0.1) is 0 Å². The standard InChI is InChI=1S/C27H43N7O/c1-3-34-25-24(21(2)30-34)7-12-28-26(25)33-18-8-22(9-19-33)27(35)29-13-20-31-16-10-23(11-17-31)32-14-5-4-6-15-32/h7,12,22-23H,3-6,8-11,13-20H2,1-2H3,(H,29,35). The van der Waals surface area contributed by atoms with Crippen LogP contribution in [-0.2, 0) is 11.3 Å². The molecule has 0 bridgehead atoms. The number of hydrogen-bond acceptors (Lipinski definition) is 6. The minimum absolute atomic E-state index is 0.105. The predicted octanol–water partition coefficient (Wildman–Crippen LogP) is 3.04. The molecular formula is C27H43N7O. The molecule has 3 saturated heterocycles. The maximum absolute atomic E-state index is 12.9. The summed E-state index contributed by atoms with van der Waals surface area (Å²) in [4.78, 5) is 25.2. The van der Waals surface area contributed by atoms with Crippen LogP contribution in [0.1, 0.15) is 57.6 Å². The van der Waals surface area contributed by atoms with E-state index in [9.17, 15) is 4.79 Å². The van der Waals surface area contributed by atoms with E-state index in [1.807, 2.05) is 6.20 Å². The minimum Gasteiger partial charge on any atom is -0.355 e. The first-order valence-corrected chi connectivity index (χ1v) is 13.9. The summed E-state index contributed by atoms with van der Waals surface area (Å²) in [6, 6.07) is 2.84. The molecule has 0 aromatic carbocycles. The molecule has 0 spiro atoms. The minimum atomic E-state index is 0.105. The predicted molar refractivity (Wildman–Crippen MR) is 141 cm³/mol. The number of piperidine rings is 3. The van der Waals surface area contributed by atoms with E-state index in [4.69, 9.17) is 4.98 Å². The molecule has 35 heavy (non-hydrogen) atoms. The number of nitrogens with zero attached hydrogens (tertiary/aromatic N) is 6. The number of aryl methyl sites for hydroxylation is 2. The van der Waals surface area contributed by atoms with Crippen molar-refractivity contribution >= 4 is 22.6 Å².